The molecule has 0 aliphatic heterocycles. The van der Waals surface area contributed by atoms with Gasteiger partial charge < -0.3 is 15.3 Å². The number of nitrogens with one attached hydrogen (secondary N) is 1. The van der Waals surface area contributed by atoms with Crippen LogP contribution in [-0.4, -0.2) is 17.3 Å². The third-order valence-corrected chi connectivity index (χ3v) is 1.02. The summed E-state index contributed by atoms with van der Waals surface area (Å²) >= 11 is 0. The van der Waals surface area contributed by atoms with E-state index in [1.807, 2.05) is 0 Å². The standard InChI is InChI=1S/C8H16N2O2/c1-4-7(5-10-9)12-6-8(2,3)11/h4-5,10-11H,1,6,9H2,2-3H3/b7-5+. The van der Waals surface area contributed by atoms with E-state index in [9.17, 15) is 5.11 Å². The summed E-state index contributed by atoms with van der Waals surface area (Å²) in [6, 6.07) is 0. The van der Waals surface area contributed by atoms with Crippen molar-refractivity contribution in [3.05, 3.63) is 24.6 Å². The number of allylic oxidation sites excluding steroid dienone is 1. The number of ether oxygens (including phenoxy) is 1. The zero-order valence-electron chi connectivity index (χ0n) is 7.50. The molecule has 4 nitrogen and oxygen atoms in total. The van der Waals surface area contributed by atoms with Crippen LogP contribution in [0.15, 0.2) is 24.6 Å². The summed E-state index contributed by atoms with van der Waals surface area (Å²) in [5.41, 5.74) is 1.46. The summed E-state index contributed by atoms with van der Waals surface area (Å²) in [5, 5.41) is 9.29. The minimum Gasteiger partial charge on any atom is -0.489 e. The molecule has 0 atom stereocenters. The molecule has 0 saturated carbocycles. The summed E-state index contributed by atoms with van der Waals surface area (Å²) in [6.45, 7) is 7.02. The van der Waals surface area contributed by atoms with Gasteiger partial charge in [0.2, 0.25) is 0 Å². The van der Waals surface area contributed by atoms with Gasteiger partial charge in [0.1, 0.15) is 12.4 Å². The van der Waals surface area contributed by atoms with Gasteiger partial charge in [-0.25, -0.2) is 0 Å². The van der Waals surface area contributed by atoms with Crippen molar-refractivity contribution in [2.45, 2.75) is 19.4 Å². The van der Waals surface area contributed by atoms with Crippen LogP contribution < -0.4 is 11.3 Å². The molecular formula is C8H16N2O2. The van der Waals surface area contributed by atoms with E-state index in [2.05, 4.69) is 12.0 Å². The molecule has 0 radical (unpaired) electrons. The van der Waals surface area contributed by atoms with Gasteiger partial charge in [0.05, 0.1) is 11.8 Å². The fraction of sp³-hybridized carbons (Fsp3) is 0.500. The number of aliphatic hydroxyl groups is 1. The zero-order valence-corrected chi connectivity index (χ0v) is 7.50. The Kier molecular flexibility index (Phi) is 4.39. The van der Waals surface area contributed by atoms with Crippen molar-refractivity contribution in [3.8, 4) is 0 Å². The molecule has 0 amide bonds. The molecule has 0 unspecified atom stereocenters. The Morgan fingerprint density at radius 1 is 1.75 bits per heavy atom. The lowest BCUT2D eigenvalue weighted by atomic mass is 10.2. The van der Waals surface area contributed by atoms with E-state index < -0.39 is 5.60 Å². The third-order valence-electron chi connectivity index (χ3n) is 1.02. The van der Waals surface area contributed by atoms with Crippen LogP contribution in [0.5, 0.6) is 0 Å². The Balaban J connectivity index is 3.90. The lowest BCUT2D eigenvalue weighted by Gasteiger charge is -2.17. The summed E-state index contributed by atoms with van der Waals surface area (Å²) < 4.78 is 5.15. The molecule has 4 heteroatoms. The van der Waals surface area contributed by atoms with Crippen molar-refractivity contribution in [2.24, 2.45) is 5.84 Å². The first-order valence-corrected chi connectivity index (χ1v) is 3.63. The van der Waals surface area contributed by atoms with Crippen molar-refractivity contribution in [2.75, 3.05) is 6.61 Å². The second-order valence-corrected chi connectivity index (χ2v) is 3.02. The van der Waals surface area contributed by atoms with Crippen LogP contribution in [-0.2, 0) is 4.74 Å². The Morgan fingerprint density at radius 3 is 2.67 bits per heavy atom. The van der Waals surface area contributed by atoms with Gasteiger partial charge in [0.15, 0.2) is 0 Å². The molecule has 0 fully saturated rings. The number of rotatable bonds is 5. The first kappa shape index (κ1) is 11.0. The smallest absolute Gasteiger partial charge is 0.135 e. The minimum atomic E-state index is -0.850. The van der Waals surface area contributed by atoms with E-state index in [0.717, 1.165) is 0 Å². The Morgan fingerprint density at radius 2 is 2.33 bits per heavy atom. The maximum Gasteiger partial charge on any atom is 0.135 e. The summed E-state index contributed by atoms with van der Waals surface area (Å²) in [7, 11) is 0. The van der Waals surface area contributed by atoms with Gasteiger partial charge >= 0.3 is 0 Å². The molecule has 0 bridgehead atoms. The Labute approximate surface area is 72.7 Å². The highest BCUT2D eigenvalue weighted by Crippen LogP contribution is 2.05. The van der Waals surface area contributed by atoms with Crippen molar-refractivity contribution in [1.82, 2.24) is 5.43 Å². The van der Waals surface area contributed by atoms with Crippen molar-refractivity contribution in [3.63, 3.8) is 0 Å². The second kappa shape index (κ2) is 4.79. The molecular weight excluding hydrogens is 156 g/mol. The molecule has 0 saturated heterocycles. The molecule has 0 aromatic rings. The van der Waals surface area contributed by atoms with Crippen LogP contribution in [0.2, 0.25) is 0 Å². The van der Waals surface area contributed by atoms with E-state index in [4.69, 9.17) is 10.6 Å². The molecule has 0 aliphatic rings. The van der Waals surface area contributed by atoms with Crippen LogP contribution in [0.25, 0.3) is 0 Å². The molecule has 0 heterocycles. The predicted molar refractivity (Wildman–Crippen MR) is 47.9 cm³/mol. The van der Waals surface area contributed by atoms with E-state index in [1.54, 1.807) is 13.8 Å². The molecule has 0 aliphatic carbocycles. The van der Waals surface area contributed by atoms with E-state index in [0.29, 0.717) is 5.76 Å². The van der Waals surface area contributed by atoms with E-state index >= 15 is 0 Å². The number of hydrogen-bond acceptors (Lipinski definition) is 4. The first-order valence-electron chi connectivity index (χ1n) is 3.63. The van der Waals surface area contributed by atoms with Crippen molar-refractivity contribution in [1.29, 1.82) is 0 Å². The fourth-order valence-electron chi connectivity index (χ4n) is 0.502. The molecule has 4 N–H and O–H groups in total. The van der Waals surface area contributed by atoms with Crippen LogP contribution in [0.3, 0.4) is 0 Å². The number of nitrogens with two attached hydrogens (primary N) is 1. The maximum atomic E-state index is 9.29. The molecule has 0 rings (SSSR count). The molecule has 12 heavy (non-hydrogen) atoms. The lowest BCUT2D eigenvalue weighted by molar-refractivity contribution is 0.00552. The van der Waals surface area contributed by atoms with Crippen LogP contribution in [0, 0.1) is 0 Å². The average Bonchev–Trinajstić information content (AvgIpc) is 1.96. The SMILES string of the molecule is C=C/C(=C\NN)OCC(C)(C)O. The van der Waals surface area contributed by atoms with E-state index in [1.165, 1.54) is 12.3 Å². The second-order valence-electron chi connectivity index (χ2n) is 3.02. The van der Waals surface area contributed by atoms with Crippen LogP contribution >= 0.6 is 0 Å². The molecule has 0 aromatic heterocycles. The monoisotopic (exact) mass is 172 g/mol. The highest BCUT2D eigenvalue weighted by molar-refractivity contribution is 5.07. The highest BCUT2D eigenvalue weighted by atomic mass is 16.5. The Bertz CT molecular complexity index is 170. The maximum absolute atomic E-state index is 9.29. The van der Waals surface area contributed by atoms with Gasteiger partial charge in [-0.15, -0.1) is 0 Å². The number of hydrogen-bond donors (Lipinski definition) is 3. The quantitative estimate of drug-likeness (QED) is 0.241. The predicted octanol–water partition coefficient (Wildman–Crippen LogP) is 0.265. The zero-order chi connectivity index (χ0) is 9.61. The normalized spacial score (nSPS) is 12.5. The van der Waals surface area contributed by atoms with Crippen molar-refractivity contribution < 1.29 is 9.84 Å². The molecule has 0 aromatic carbocycles. The number of hydrazine groups is 1. The molecule has 0 spiro atoms. The fourth-order valence-corrected chi connectivity index (χ4v) is 0.502. The minimum absolute atomic E-state index is 0.201. The molecule has 70 valence electrons. The first-order chi connectivity index (χ1) is 5.49. The van der Waals surface area contributed by atoms with Crippen LogP contribution in [0.1, 0.15) is 13.8 Å². The third kappa shape index (κ3) is 5.76. The summed E-state index contributed by atoms with van der Waals surface area (Å²) in [6.07, 6.45) is 2.96. The van der Waals surface area contributed by atoms with Gasteiger partial charge in [0.25, 0.3) is 0 Å². The summed E-state index contributed by atoms with van der Waals surface area (Å²) in [5.74, 6) is 5.53. The van der Waals surface area contributed by atoms with Gasteiger partial charge in [-0.3, -0.25) is 5.84 Å². The summed E-state index contributed by atoms with van der Waals surface area (Å²) in [4.78, 5) is 0. The highest BCUT2D eigenvalue weighted by Gasteiger charge is 2.13. The topological polar surface area (TPSA) is 67.5 Å². The van der Waals surface area contributed by atoms with Crippen molar-refractivity contribution >= 4 is 0 Å². The largest absolute Gasteiger partial charge is 0.489 e. The lowest BCUT2D eigenvalue weighted by Crippen LogP contribution is -2.26. The van der Waals surface area contributed by atoms with Gasteiger partial charge in [-0.2, -0.15) is 0 Å². The van der Waals surface area contributed by atoms with Gasteiger partial charge in [-0.05, 0) is 19.9 Å². The average molecular weight is 172 g/mol. The Hall–Kier alpha value is -1.00. The van der Waals surface area contributed by atoms with E-state index in [-0.39, 0.29) is 6.61 Å². The van der Waals surface area contributed by atoms with Gasteiger partial charge in [0, 0.05) is 0 Å². The van der Waals surface area contributed by atoms with Gasteiger partial charge in [-0.1, -0.05) is 6.58 Å². The van der Waals surface area contributed by atoms with Crippen LogP contribution in [0.4, 0.5) is 0 Å².